The summed E-state index contributed by atoms with van der Waals surface area (Å²) in [5.41, 5.74) is 2.35. The topological polar surface area (TPSA) is 76.7 Å². The molecule has 0 spiro atoms. The summed E-state index contributed by atoms with van der Waals surface area (Å²) < 4.78 is 0. The number of benzene rings is 1. The SMILES string of the molecule is CC(C)NC(=O)Nc1ccc(N(C)C)c(CN(C(=O)NC(C)(C)C)C(C)C)c1. The number of hydrogen-bond donors (Lipinski definition) is 3. The molecule has 28 heavy (non-hydrogen) atoms. The van der Waals surface area contributed by atoms with Crippen LogP contribution in [-0.4, -0.2) is 48.7 Å². The van der Waals surface area contributed by atoms with Crippen LogP contribution in [0.25, 0.3) is 0 Å². The number of hydrogen-bond acceptors (Lipinski definition) is 3. The molecule has 0 aliphatic carbocycles. The van der Waals surface area contributed by atoms with E-state index in [0.29, 0.717) is 12.2 Å². The molecular formula is C21H37N5O2. The van der Waals surface area contributed by atoms with E-state index in [9.17, 15) is 9.59 Å². The van der Waals surface area contributed by atoms with Gasteiger partial charge in [0.05, 0.1) is 0 Å². The standard InChI is InChI=1S/C21H37N5O2/c1-14(2)22-19(27)23-17-10-11-18(25(8)9)16(12-17)13-26(15(3)4)20(28)24-21(5,6)7/h10-12,14-15H,13H2,1-9H3,(H,24,28)(H2,22,23,27). The van der Waals surface area contributed by atoms with E-state index in [1.165, 1.54) is 0 Å². The zero-order chi connectivity index (χ0) is 21.6. The highest BCUT2D eigenvalue weighted by atomic mass is 16.2. The van der Waals surface area contributed by atoms with Gasteiger partial charge in [0, 0.05) is 49.6 Å². The van der Waals surface area contributed by atoms with Gasteiger partial charge in [-0.3, -0.25) is 0 Å². The van der Waals surface area contributed by atoms with Gasteiger partial charge in [0.25, 0.3) is 0 Å². The van der Waals surface area contributed by atoms with Crippen LogP contribution in [-0.2, 0) is 6.54 Å². The summed E-state index contributed by atoms with van der Waals surface area (Å²) in [4.78, 5) is 28.6. The Morgan fingerprint density at radius 1 is 1.07 bits per heavy atom. The number of nitrogens with one attached hydrogen (secondary N) is 3. The molecule has 1 aromatic carbocycles. The molecule has 1 rings (SSSR count). The third kappa shape index (κ3) is 7.66. The van der Waals surface area contributed by atoms with E-state index in [4.69, 9.17) is 0 Å². The van der Waals surface area contributed by atoms with Crippen LogP contribution >= 0.6 is 0 Å². The zero-order valence-electron chi connectivity index (χ0n) is 18.8. The second kappa shape index (κ2) is 9.66. The Kier molecular flexibility index (Phi) is 8.14. The van der Waals surface area contributed by atoms with Gasteiger partial charge in [0.2, 0.25) is 0 Å². The fourth-order valence-electron chi connectivity index (χ4n) is 2.72. The van der Waals surface area contributed by atoms with Gasteiger partial charge in [-0.15, -0.1) is 0 Å². The number of anilines is 2. The highest BCUT2D eigenvalue weighted by Gasteiger charge is 2.23. The fourth-order valence-corrected chi connectivity index (χ4v) is 2.72. The van der Waals surface area contributed by atoms with Gasteiger partial charge in [-0.25, -0.2) is 9.59 Å². The Morgan fingerprint density at radius 2 is 1.68 bits per heavy atom. The third-order valence-corrected chi connectivity index (χ3v) is 3.95. The monoisotopic (exact) mass is 391 g/mol. The average molecular weight is 392 g/mol. The van der Waals surface area contributed by atoms with E-state index in [1.54, 1.807) is 4.90 Å². The number of urea groups is 2. The average Bonchev–Trinajstić information content (AvgIpc) is 2.49. The molecule has 158 valence electrons. The molecule has 0 radical (unpaired) electrons. The van der Waals surface area contributed by atoms with Crippen LogP contribution in [0, 0.1) is 0 Å². The second-order valence-corrected chi connectivity index (χ2v) is 8.89. The van der Waals surface area contributed by atoms with Crippen molar-refractivity contribution < 1.29 is 9.59 Å². The van der Waals surface area contributed by atoms with Gasteiger partial charge in [-0.2, -0.15) is 0 Å². The molecule has 0 aromatic heterocycles. The highest BCUT2D eigenvalue weighted by molar-refractivity contribution is 5.90. The molecule has 0 saturated carbocycles. The molecule has 0 atom stereocenters. The molecule has 0 fully saturated rings. The minimum Gasteiger partial charge on any atom is -0.377 e. The molecular weight excluding hydrogens is 354 g/mol. The van der Waals surface area contributed by atoms with Gasteiger partial charge < -0.3 is 25.8 Å². The van der Waals surface area contributed by atoms with E-state index in [-0.39, 0.29) is 29.7 Å². The molecule has 0 unspecified atom stereocenters. The summed E-state index contributed by atoms with van der Waals surface area (Å²) in [6, 6.07) is 5.48. The maximum Gasteiger partial charge on any atom is 0.319 e. The van der Waals surface area contributed by atoms with E-state index >= 15 is 0 Å². The lowest BCUT2D eigenvalue weighted by molar-refractivity contribution is 0.171. The molecule has 0 bridgehead atoms. The third-order valence-electron chi connectivity index (χ3n) is 3.95. The highest BCUT2D eigenvalue weighted by Crippen LogP contribution is 2.25. The number of carbonyl (C=O) groups excluding carboxylic acids is 2. The lowest BCUT2D eigenvalue weighted by atomic mass is 10.1. The van der Waals surface area contributed by atoms with Crippen molar-refractivity contribution in [2.24, 2.45) is 0 Å². The molecule has 1 aromatic rings. The smallest absolute Gasteiger partial charge is 0.319 e. The van der Waals surface area contributed by atoms with Gasteiger partial charge in [-0.1, -0.05) is 0 Å². The minimum atomic E-state index is -0.313. The van der Waals surface area contributed by atoms with Gasteiger partial charge in [0.1, 0.15) is 0 Å². The zero-order valence-corrected chi connectivity index (χ0v) is 18.8. The molecule has 0 saturated heterocycles. The summed E-state index contributed by atoms with van der Waals surface area (Å²) in [6.07, 6.45) is 0. The van der Waals surface area contributed by atoms with Crippen molar-refractivity contribution in [3.63, 3.8) is 0 Å². The van der Waals surface area contributed by atoms with Gasteiger partial charge in [0.15, 0.2) is 0 Å². The van der Waals surface area contributed by atoms with Gasteiger partial charge >= 0.3 is 12.1 Å². The van der Waals surface area contributed by atoms with E-state index < -0.39 is 0 Å². The Hall–Kier alpha value is -2.44. The number of nitrogens with zero attached hydrogens (tertiary/aromatic N) is 2. The largest absolute Gasteiger partial charge is 0.377 e. The second-order valence-electron chi connectivity index (χ2n) is 8.89. The summed E-state index contributed by atoms with van der Waals surface area (Å²) >= 11 is 0. The quantitative estimate of drug-likeness (QED) is 0.686. The lowest BCUT2D eigenvalue weighted by Gasteiger charge is -2.32. The normalized spacial score (nSPS) is 11.4. The molecule has 4 amide bonds. The molecule has 7 heteroatoms. The Labute approximate surface area is 169 Å². The van der Waals surface area contributed by atoms with Crippen molar-refractivity contribution in [2.75, 3.05) is 24.3 Å². The Morgan fingerprint density at radius 3 is 2.14 bits per heavy atom. The minimum absolute atomic E-state index is 0.0261. The van der Waals surface area contributed by atoms with Gasteiger partial charge in [-0.05, 0) is 72.2 Å². The molecule has 0 aliphatic rings. The predicted molar refractivity (Wildman–Crippen MR) is 117 cm³/mol. The first-order valence-electron chi connectivity index (χ1n) is 9.76. The first kappa shape index (κ1) is 23.6. The van der Waals surface area contributed by atoms with Crippen LogP contribution in [0.2, 0.25) is 0 Å². The van der Waals surface area contributed by atoms with Crippen LogP contribution in [0.15, 0.2) is 18.2 Å². The summed E-state index contributed by atoms with van der Waals surface area (Å²) in [5.74, 6) is 0. The fraction of sp³-hybridized carbons (Fsp3) is 0.619. The van der Waals surface area contributed by atoms with Crippen molar-refractivity contribution >= 4 is 23.4 Å². The molecule has 3 N–H and O–H groups in total. The van der Waals surface area contributed by atoms with E-state index in [1.807, 2.05) is 85.7 Å². The molecule has 7 nitrogen and oxygen atoms in total. The van der Waals surface area contributed by atoms with Crippen LogP contribution in [0.1, 0.15) is 54.0 Å². The first-order chi connectivity index (χ1) is 12.8. The van der Waals surface area contributed by atoms with Crippen molar-refractivity contribution in [2.45, 2.75) is 72.6 Å². The van der Waals surface area contributed by atoms with Crippen molar-refractivity contribution in [3.8, 4) is 0 Å². The van der Waals surface area contributed by atoms with E-state index in [2.05, 4.69) is 16.0 Å². The summed E-state index contributed by atoms with van der Waals surface area (Å²) in [5, 5.41) is 8.71. The van der Waals surface area contributed by atoms with E-state index in [0.717, 1.165) is 11.3 Å². The molecule has 0 heterocycles. The maximum atomic E-state index is 12.8. The molecule has 0 aliphatic heterocycles. The predicted octanol–water partition coefficient (Wildman–Crippen LogP) is 4.00. The number of amides is 4. The summed E-state index contributed by atoms with van der Waals surface area (Å²) in [7, 11) is 3.93. The Balaban J connectivity index is 3.14. The number of rotatable bonds is 6. The van der Waals surface area contributed by atoms with Crippen LogP contribution in [0.4, 0.5) is 21.0 Å². The van der Waals surface area contributed by atoms with Crippen molar-refractivity contribution in [3.05, 3.63) is 23.8 Å². The van der Waals surface area contributed by atoms with Crippen molar-refractivity contribution in [1.82, 2.24) is 15.5 Å². The van der Waals surface area contributed by atoms with Crippen LogP contribution in [0.3, 0.4) is 0 Å². The van der Waals surface area contributed by atoms with Crippen molar-refractivity contribution in [1.29, 1.82) is 0 Å². The number of carbonyl (C=O) groups is 2. The first-order valence-corrected chi connectivity index (χ1v) is 9.76. The van der Waals surface area contributed by atoms with Crippen LogP contribution in [0.5, 0.6) is 0 Å². The Bertz CT molecular complexity index is 678. The summed E-state index contributed by atoms with van der Waals surface area (Å²) in [6.45, 7) is 14.1. The van der Waals surface area contributed by atoms with Crippen LogP contribution < -0.4 is 20.9 Å². The maximum absolute atomic E-state index is 12.8. The lowest BCUT2D eigenvalue weighted by Crippen LogP contribution is -2.50.